The fraction of sp³-hybridized carbons (Fsp3) is 0.105. The number of benzene rings is 2. The van der Waals surface area contributed by atoms with Crippen molar-refractivity contribution in [2.24, 2.45) is 5.10 Å². The van der Waals surface area contributed by atoms with Crippen LogP contribution in [-0.2, 0) is 0 Å². The summed E-state index contributed by atoms with van der Waals surface area (Å²) in [5.74, 6) is 1.14. The van der Waals surface area contributed by atoms with E-state index in [4.69, 9.17) is 21.1 Å². The van der Waals surface area contributed by atoms with Gasteiger partial charge < -0.3 is 9.47 Å². The molecule has 0 atom stereocenters. The first kappa shape index (κ1) is 18.5. The molecule has 1 N–H and O–H groups in total. The van der Waals surface area contributed by atoms with Crippen molar-refractivity contribution in [1.29, 1.82) is 0 Å². The van der Waals surface area contributed by atoms with Crippen molar-refractivity contribution in [1.82, 2.24) is 9.78 Å². The molecule has 0 aliphatic carbocycles. The van der Waals surface area contributed by atoms with Crippen LogP contribution in [0.1, 0.15) is 5.56 Å². The number of aromatic nitrogens is 2. The van der Waals surface area contributed by atoms with Gasteiger partial charge >= 0.3 is 0 Å². The second-order valence-electron chi connectivity index (χ2n) is 5.38. The number of hydrogen-bond acceptors (Lipinski definition) is 6. The summed E-state index contributed by atoms with van der Waals surface area (Å²) in [5.41, 5.74) is 3.92. The van der Waals surface area contributed by atoms with Crippen LogP contribution in [0.3, 0.4) is 0 Å². The Bertz CT molecular complexity index is 1020. The van der Waals surface area contributed by atoms with E-state index in [2.05, 4.69) is 15.6 Å². The fourth-order valence-electron chi connectivity index (χ4n) is 2.45. The monoisotopic (exact) mass is 384 g/mol. The van der Waals surface area contributed by atoms with E-state index >= 15 is 0 Å². The van der Waals surface area contributed by atoms with Gasteiger partial charge in [-0.1, -0.05) is 35.9 Å². The minimum atomic E-state index is -0.443. The Morgan fingerprint density at radius 2 is 1.89 bits per heavy atom. The van der Waals surface area contributed by atoms with Gasteiger partial charge in [-0.15, -0.1) is 0 Å². The van der Waals surface area contributed by atoms with Crippen LogP contribution < -0.4 is 20.5 Å². The van der Waals surface area contributed by atoms with E-state index in [0.717, 1.165) is 0 Å². The predicted molar refractivity (Wildman–Crippen MR) is 106 cm³/mol. The number of nitrogens with one attached hydrogen (secondary N) is 1. The molecule has 0 saturated heterocycles. The molecule has 0 bridgehead atoms. The van der Waals surface area contributed by atoms with Crippen LogP contribution in [-0.4, -0.2) is 30.2 Å². The minimum Gasteiger partial charge on any atom is -0.493 e. The number of para-hydroxylation sites is 2. The standard InChI is InChI=1S/C19H17ClN4O3/c1-26-16-10-6-7-13(18(16)27-2)11-21-23-15-12-22-24(19(25)17(15)20)14-8-4-3-5-9-14/h3-12,23H,1-2H3/b21-11+. The van der Waals surface area contributed by atoms with Gasteiger partial charge in [0.25, 0.3) is 5.56 Å². The summed E-state index contributed by atoms with van der Waals surface area (Å²) in [6.45, 7) is 0. The molecular formula is C19H17ClN4O3. The number of rotatable bonds is 6. The SMILES string of the molecule is COc1cccc(/C=N/Nc2cnn(-c3ccccc3)c(=O)c2Cl)c1OC. The highest BCUT2D eigenvalue weighted by Crippen LogP contribution is 2.29. The largest absolute Gasteiger partial charge is 0.493 e. The third kappa shape index (κ3) is 3.93. The second kappa shape index (κ2) is 8.37. The normalized spacial score (nSPS) is 10.8. The first-order valence-corrected chi connectivity index (χ1v) is 8.37. The Balaban J connectivity index is 1.84. The number of nitrogens with zero attached hydrogens (tertiary/aromatic N) is 3. The van der Waals surface area contributed by atoms with Crippen molar-refractivity contribution in [2.45, 2.75) is 0 Å². The maximum Gasteiger partial charge on any atom is 0.292 e. The molecule has 27 heavy (non-hydrogen) atoms. The number of methoxy groups -OCH3 is 2. The summed E-state index contributed by atoms with van der Waals surface area (Å²) >= 11 is 6.18. The lowest BCUT2D eigenvalue weighted by Gasteiger charge is -2.10. The summed E-state index contributed by atoms with van der Waals surface area (Å²) in [6, 6.07) is 14.4. The summed E-state index contributed by atoms with van der Waals surface area (Å²) in [5, 5.41) is 8.24. The van der Waals surface area contributed by atoms with Crippen molar-refractivity contribution in [3.63, 3.8) is 0 Å². The minimum absolute atomic E-state index is 0.0105. The van der Waals surface area contributed by atoms with E-state index in [0.29, 0.717) is 28.4 Å². The third-order valence-electron chi connectivity index (χ3n) is 3.74. The molecule has 0 aliphatic heterocycles. The van der Waals surface area contributed by atoms with E-state index in [1.54, 1.807) is 38.6 Å². The van der Waals surface area contributed by atoms with E-state index in [9.17, 15) is 4.79 Å². The molecule has 2 aromatic carbocycles. The van der Waals surface area contributed by atoms with Crippen LogP contribution in [0.25, 0.3) is 5.69 Å². The maximum absolute atomic E-state index is 12.4. The molecular weight excluding hydrogens is 368 g/mol. The Labute approximate surface area is 160 Å². The Kier molecular flexibility index (Phi) is 5.73. The van der Waals surface area contributed by atoms with Gasteiger partial charge in [0, 0.05) is 5.56 Å². The highest BCUT2D eigenvalue weighted by atomic mass is 35.5. The molecule has 1 aromatic heterocycles. The lowest BCUT2D eigenvalue weighted by Crippen LogP contribution is -2.22. The van der Waals surface area contributed by atoms with Crippen molar-refractivity contribution >= 4 is 23.5 Å². The lowest BCUT2D eigenvalue weighted by molar-refractivity contribution is 0.354. The zero-order valence-corrected chi connectivity index (χ0v) is 15.5. The number of ether oxygens (including phenoxy) is 2. The lowest BCUT2D eigenvalue weighted by atomic mass is 10.2. The number of halogens is 1. The topological polar surface area (TPSA) is 77.7 Å². The van der Waals surface area contributed by atoms with Gasteiger partial charge in [-0.2, -0.15) is 14.9 Å². The predicted octanol–water partition coefficient (Wildman–Crippen LogP) is 3.35. The number of anilines is 1. The van der Waals surface area contributed by atoms with Crippen LogP contribution in [0.2, 0.25) is 5.02 Å². The first-order valence-electron chi connectivity index (χ1n) is 7.99. The molecule has 0 radical (unpaired) electrons. The van der Waals surface area contributed by atoms with E-state index in [1.807, 2.05) is 30.3 Å². The van der Waals surface area contributed by atoms with Gasteiger partial charge in [0.15, 0.2) is 11.5 Å². The van der Waals surface area contributed by atoms with Crippen LogP contribution in [0.4, 0.5) is 5.69 Å². The molecule has 3 rings (SSSR count). The molecule has 0 fully saturated rings. The summed E-state index contributed by atoms with van der Waals surface area (Å²) in [4.78, 5) is 12.4. The van der Waals surface area contributed by atoms with Crippen molar-refractivity contribution < 1.29 is 9.47 Å². The molecule has 0 unspecified atom stereocenters. The third-order valence-corrected chi connectivity index (χ3v) is 4.11. The van der Waals surface area contributed by atoms with Gasteiger partial charge in [-0.25, -0.2) is 0 Å². The molecule has 1 heterocycles. The first-order chi connectivity index (χ1) is 13.2. The maximum atomic E-state index is 12.4. The number of hydrazone groups is 1. The summed E-state index contributed by atoms with van der Waals surface area (Å²) in [7, 11) is 3.11. The average molecular weight is 385 g/mol. The highest BCUT2D eigenvalue weighted by molar-refractivity contribution is 6.32. The molecule has 0 spiro atoms. The average Bonchev–Trinajstić information content (AvgIpc) is 2.71. The fourth-order valence-corrected chi connectivity index (χ4v) is 2.62. The van der Waals surface area contributed by atoms with Crippen molar-refractivity contribution in [3.8, 4) is 17.2 Å². The molecule has 7 nitrogen and oxygen atoms in total. The Morgan fingerprint density at radius 1 is 1.11 bits per heavy atom. The molecule has 8 heteroatoms. The van der Waals surface area contributed by atoms with Gasteiger partial charge in [0.2, 0.25) is 0 Å². The van der Waals surface area contributed by atoms with Crippen molar-refractivity contribution in [3.05, 3.63) is 75.7 Å². The Morgan fingerprint density at radius 3 is 2.59 bits per heavy atom. The summed E-state index contributed by atoms with van der Waals surface area (Å²) < 4.78 is 11.8. The van der Waals surface area contributed by atoms with Crippen LogP contribution in [0, 0.1) is 0 Å². The van der Waals surface area contributed by atoms with E-state index in [-0.39, 0.29) is 5.02 Å². The van der Waals surface area contributed by atoms with Gasteiger partial charge in [-0.3, -0.25) is 10.2 Å². The van der Waals surface area contributed by atoms with Crippen LogP contribution in [0.15, 0.2) is 64.6 Å². The smallest absolute Gasteiger partial charge is 0.292 e. The zero-order chi connectivity index (χ0) is 19.2. The molecule has 0 aliphatic rings. The molecule has 0 saturated carbocycles. The zero-order valence-electron chi connectivity index (χ0n) is 14.7. The molecule has 0 amide bonds. The van der Waals surface area contributed by atoms with Gasteiger partial charge in [0.05, 0.1) is 32.3 Å². The van der Waals surface area contributed by atoms with Crippen molar-refractivity contribution in [2.75, 3.05) is 19.6 Å². The van der Waals surface area contributed by atoms with Gasteiger partial charge in [0.1, 0.15) is 10.7 Å². The molecule has 3 aromatic rings. The van der Waals surface area contributed by atoms with Gasteiger partial charge in [-0.05, 0) is 24.3 Å². The summed E-state index contributed by atoms with van der Waals surface area (Å²) in [6.07, 6.45) is 2.98. The second-order valence-corrected chi connectivity index (χ2v) is 5.76. The highest BCUT2D eigenvalue weighted by Gasteiger charge is 2.11. The quantitative estimate of drug-likeness (QED) is 0.521. The van der Waals surface area contributed by atoms with Crippen LogP contribution in [0.5, 0.6) is 11.5 Å². The molecule has 138 valence electrons. The van der Waals surface area contributed by atoms with E-state index in [1.165, 1.54) is 10.9 Å². The van der Waals surface area contributed by atoms with E-state index < -0.39 is 5.56 Å². The Hall–Kier alpha value is -3.32. The van der Waals surface area contributed by atoms with Crippen LogP contribution >= 0.6 is 11.6 Å². The number of hydrogen-bond donors (Lipinski definition) is 1.